The smallest absolute Gasteiger partial charge is 0.408 e. The van der Waals surface area contributed by atoms with Crippen LogP contribution in [0.15, 0.2) is 47.3 Å². The van der Waals surface area contributed by atoms with E-state index in [0.717, 1.165) is 31.6 Å². The normalized spacial score (nSPS) is 15.2. The maximum Gasteiger partial charge on any atom is 0.408 e. The Hall–Kier alpha value is -3.26. The van der Waals surface area contributed by atoms with Gasteiger partial charge >= 0.3 is 6.09 Å². The number of fused-ring (bicyclic) bond motifs is 1. The third kappa shape index (κ3) is 5.93. The highest BCUT2D eigenvalue weighted by Gasteiger charge is 2.24. The summed E-state index contributed by atoms with van der Waals surface area (Å²) < 4.78 is 21.9. The quantitative estimate of drug-likeness (QED) is 0.492. The Morgan fingerprint density at radius 2 is 1.83 bits per heavy atom. The molecule has 36 heavy (non-hydrogen) atoms. The molecule has 1 saturated heterocycles. The predicted molar refractivity (Wildman–Crippen MR) is 139 cm³/mol. The number of aromatic nitrogens is 2. The van der Waals surface area contributed by atoms with Gasteiger partial charge in [-0.2, -0.15) is 0 Å². The molecule has 0 bridgehead atoms. The third-order valence-electron chi connectivity index (χ3n) is 6.34. The standard InChI is InChI=1S/C28H35FN4O3/c1-19(30-27(35)36-28(2,3)4)25-31-24-22(29)15-14-20(11-10-18-32-16-8-9-17-32)23(24)26(34)33(25)21-12-6-5-7-13-21/h5-7,12-15,19H,8-11,16-18H2,1-4H3,(H,30,35)/t19-/m0/s1. The molecule has 1 amide bonds. The fourth-order valence-corrected chi connectivity index (χ4v) is 4.71. The van der Waals surface area contributed by atoms with E-state index in [2.05, 4.69) is 15.2 Å². The van der Waals surface area contributed by atoms with Crippen LogP contribution in [0.2, 0.25) is 0 Å². The van der Waals surface area contributed by atoms with Gasteiger partial charge in [0, 0.05) is 0 Å². The van der Waals surface area contributed by atoms with Crippen molar-refractivity contribution < 1.29 is 13.9 Å². The number of ether oxygens (including phenoxy) is 1. The topological polar surface area (TPSA) is 76.5 Å². The van der Waals surface area contributed by atoms with Crippen molar-refractivity contribution >= 4 is 17.0 Å². The summed E-state index contributed by atoms with van der Waals surface area (Å²) in [6.07, 6.45) is 3.35. The lowest BCUT2D eigenvalue weighted by Gasteiger charge is -2.23. The zero-order valence-electron chi connectivity index (χ0n) is 21.5. The largest absolute Gasteiger partial charge is 0.444 e. The van der Waals surface area contributed by atoms with Crippen molar-refractivity contribution in [3.8, 4) is 5.69 Å². The van der Waals surface area contributed by atoms with Crippen molar-refractivity contribution in [3.63, 3.8) is 0 Å². The summed E-state index contributed by atoms with van der Waals surface area (Å²) in [5.41, 5.74) is 0.369. The van der Waals surface area contributed by atoms with E-state index in [4.69, 9.17) is 4.74 Å². The van der Waals surface area contributed by atoms with Gasteiger partial charge in [-0.05, 0) is 96.8 Å². The molecule has 2 aromatic carbocycles. The second kappa shape index (κ2) is 10.8. The number of nitrogens with zero attached hydrogens (tertiary/aromatic N) is 3. The van der Waals surface area contributed by atoms with Crippen molar-refractivity contribution in [1.82, 2.24) is 19.8 Å². The molecule has 192 valence electrons. The van der Waals surface area contributed by atoms with Crippen LogP contribution in [0.3, 0.4) is 0 Å². The van der Waals surface area contributed by atoms with Crippen molar-refractivity contribution in [2.45, 2.75) is 65.0 Å². The first-order chi connectivity index (χ1) is 17.1. The average Bonchev–Trinajstić information content (AvgIpc) is 3.33. The SMILES string of the molecule is C[C@H](NC(=O)OC(C)(C)C)c1nc2c(F)ccc(CCCN3CCCC3)c2c(=O)n1-c1ccccc1. The van der Waals surface area contributed by atoms with E-state index in [9.17, 15) is 9.59 Å². The Kier molecular flexibility index (Phi) is 7.73. The van der Waals surface area contributed by atoms with Gasteiger partial charge in [0.25, 0.3) is 5.56 Å². The number of benzene rings is 2. The van der Waals surface area contributed by atoms with Crippen LogP contribution >= 0.6 is 0 Å². The highest BCUT2D eigenvalue weighted by molar-refractivity contribution is 5.82. The van der Waals surface area contributed by atoms with Gasteiger partial charge in [-0.15, -0.1) is 0 Å². The summed E-state index contributed by atoms with van der Waals surface area (Å²) in [6, 6.07) is 11.5. The minimum Gasteiger partial charge on any atom is -0.444 e. The zero-order valence-corrected chi connectivity index (χ0v) is 21.5. The molecule has 1 aliphatic rings. The van der Waals surface area contributed by atoms with Gasteiger partial charge in [0.15, 0.2) is 0 Å². The maximum absolute atomic E-state index is 15.0. The molecule has 8 heteroatoms. The Labute approximate surface area is 211 Å². The molecule has 0 aliphatic carbocycles. The number of nitrogens with one attached hydrogen (secondary N) is 1. The molecule has 1 aliphatic heterocycles. The first-order valence-electron chi connectivity index (χ1n) is 12.7. The van der Waals surface area contributed by atoms with E-state index in [1.54, 1.807) is 45.9 Å². The van der Waals surface area contributed by atoms with E-state index >= 15 is 4.39 Å². The number of aryl methyl sites for hydroxylation is 1. The third-order valence-corrected chi connectivity index (χ3v) is 6.34. The molecule has 3 aromatic rings. The summed E-state index contributed by atoms with van der Waals surface area (Å²) in [5.74, 6) is -0.325. The zero-order chi connectivity index (χ0) is 25.9. The van der Waals surface area contributed by atoms with Crippen LogP contribution in [-0.2, 0) is 11.2 Å². The first-order valence-corrected chi connectivity index (χ1v) is 12.7. The lowest BCUT2D eigenvalue weighted by Crippen LogP contribution is -2.37. The Morgan fingerprint density at radius 3 is 2.50 bits per heavy atom. The van der Waals surface area contributed by atoms with Crippen molar-refractivity contribution in [2.24, 2.45) is 0 Å². The van der Waals surface area contributed by atoms with E-state index < -0.39 is 23.6 Å². The lowest BCUT2D eigenvalue weighted by atomic mass is 10.0. The van der Waals surface area contributed by atoms with E-state index in [0.29, 0.717) is 12.1 Å². The van der Waals surface area contributed by atoms with Crippen molar-refractivity contribution in [2.75, 3.05) is 19.6 Å². The predicted octanol–water partition coefficient (Wildman–Crippen LogP) is 5.14. The molecule has 7 nitrogen and oxygen atoms in total. The molecule has 0 spiro atoms. The van der Waals surface area contributed by atoms with Crippen LogP contribution in [0.1, 0.15) is 64.4 Å². The van der Waals surface area contributed by atoms with Gasteiger partial charge in [-0.3, -0.25) is 9.36 Å². The Bertz CT molecular complexity index is 1280. The van der Waals surface area contributed by atoms with Gasteiger partial charge < -0.3 is 15.0 Å². The molecule has 0 radical (unpaired) electrons. The van der Waals surface area contributed by atoms with Crippen molar-refractivity contribution in [1.29, 1.82) is 0 Å². The number of rotatable bonds is 7. The summed E-state index contributed by atoms with van der Waals surface area (Å²) >= 11 is 0. The fourth-order valence-electron chi connectivity index (χ4n) is 4.71. The summed E-state index contributed by atoms with van der Waals surface area (Å²) in [6.45, 7) is 10.2. The maximum atomic E-state index is 15.0. The summed E-state index contributed by atoms with van der Waals surface area (Å²) in [5, 5.41) is 3.03. The van der Waals surface area contributed by atoms with Crippen LogP contribution in [0.25, 0.3) is 16.6 Å². The van der Waals surface area contributed by atoms with Gasteiger partial charge in [0.05, 0.1) is 17.1 Å². The van der Waals surface area contributed by atoms with Gasteiger partial charge in [-0.25, -0.2) is 14.2 Å². The molecule has 1 fully saturated rings. The van der Waals surface area contributed by atoms with Gasteiger partial charge in [-0.1, -0.05) is 24.3 Å². The minimum absolute atomic E-state index is 0.0266. The molecule has 0 unspecified atom stereocenters. The monoisotopic (exact) mass is 494 g/mol. The van der Waals surface area contributed by atoms with E-state index in [1.807, 2.05) is 18.2 Å². The second-order valence-electron chi connectivity index (χ2n) is 10.4. The van der Waals surface area contributed by atoms with Gasteiger partial charge in [0.1, 0.15) is 22.8 Å². The minimum atomic E-state index is -0.713. The molecule has 1 aromatic heterocycles. The van der Waals surface area contributed by atoms with Crippen LogP contribution < -0.4 is 10.9 Å². The summed E-state index contributed by atoms with van der Waals surface area (Å²) in [7, 11) is 0. The molecule has 4 rings (SSSR count). The van der Waals surface area contributed by atoms with Gasteiger partial charge in [0.2, 0.25) is 0 Å². The number of para-hydroxylation sites is 1. The molecular formula is C28H35FN4O3. The number of amides is 1. The number of alkyl carbamates (subject to hydrolysis) is 1. The number of carbonyl (C=O) groups is 1. The lowest BCUT2D eigenvalue weighted by molar-refractivity contribution is 0.0505. The highest BCUT2D eigenvalue weighted by Crippen LogP contribution is 2.24. The molecule has 1 N–H and O–H groups in total. The second-order valence-corrected chi connectivity index (χ2v) is 10.4. The molecule has 0 saturated carbocycles. The number of halogens is 1. The number of carbonyl (C=O) groups excluding carboxylic acids is 1. The number of hydrogen-bond acceptors (Lipinski definition) is 5. The highest BCUT2D eigenvalue weighted by atomic mass is 19.1. The molecule has 1 atom stereocenters. The van der Waals surface area contributed by atoms with Crippen molar-refractivity contribution in [3.05, 3.63) is 70.0 Å². The van der Waals surface area contributed by atoms with Crippen LogP contribution in [0.5, 0.6) is 0 Å². The molecule has 2 heterocycles. The number of likely N-dealkylation sites (tertiary alicyclic amines) is 1. The van der Waals surface area contributed by atoms with Crippen LogP contribution in [-0.4, -0.2) is 45.8 Å². The van der Waals surface area contributed by atoms with Crippen LogP contribution in [0, 0.1) is 5.82 Å². The Balaban J connectivity index is 1.77. The first kappa shape index (κ1) is 25.8. The fraction of sp³-hybridized carbons (Fsp3) is 0.464. The average molecular weight is 495 g/mol. The van der Waals surface area contributed by atoms with Crippen LogP contribution in [0.4, 0.5) is 9.18 Å². The number of hydrogen-bond donors (Lipinski definition) is 1. The Morgan fingerprint density at radius 1 is 1.14 bits per heavy atom. The van der Waals surface area contributed by atoms with E-state index in [1.165, 1.54) is 23.5 Å². The molecular weight excluding hydrogens is 459 g/mol. The van der Waals surface area contributed by atoms with E-state index in [-0.39, 0.29) is 22.3 Å². The summed E-state index contributed by atoms with van der Waals surface area (Å²) in [4.78, 5) is 33.5.